The molecule has 3 amide bonds. The maximum atomic E-state index is 11.6. The molecule has 0 saturated carbocycles. The first-order chi connectivity index (χ1) is 8.65. The molecule has 0 aliphatic carbocycles. The highest BCUT2D eigenvalue weighted by atomic mass is 32.1. The molecule has 5 nitrogen and oxygen atoms in total. The van der Waals surface area contributed by atoms with Gasteiger partial charge in [0.15, 0.2) is 0 Å². The Morgan fingerprint density at radius 2 is 2.33 bits per heavy atom. The molecule has 1 atom stereocenters. The second-order valence-corrected chi connectivity index (χ2v) is 4.84. The van der Waals surface area contributed by atoms with E-state index in [1.165, 1.54) is 17.4 Å². The summed E-state index contributed by atoms with van der Waals surface area (Å²) < 4.78 is 0. The highest BCUT2D eigenvalue weighted by molar-refractivity contribution is 7.10. The van der Waals surface area contributed by atoms with E-state index in [1.54, 1.807) is 6.08 Å². The third-order valence-corrected chi connectivity index (χ3v) is 3.34. The highest BCUT2D eigenvalue weighted by Gasteiger charge is 2.27. The van der Waals surface area contributed by atoms with Gasteiger partial charge in [0, 0.05) is 17.4 Å². The van der Waals surface area contributed by atoms with Gasteiger partial charge in [-0.15, -0.1) is 11.3 Å². The highest BCUT2D eigenvalue weighted by Crippen LogP contribution is 2.10. The smallest absolute Gasteiger partial charge is 0.249 e. The van der Waals surface area contributed by atoms with Crippen LogP contribution in [0, 0.1) is 0 Å². The largest absolute Gasteiger partial charge is 0.341 e. The zero-order valence-electron chi connectivity index (χ0n) is 9.51. The number of rotatable bonds is 3. The zero-order chi connectivity index (χ0) is 13.0. The molecule has 0 spiro atoms. The van der Waals surface area contributed by atoms with E-state index in [1.807, 2.05) is 17.5 Å². The van der Waals surface area contributed by atoms with Crippen LogP contribution in [0.3, 0.4) is 0 Å². The molecular weight excluding hydrogens is 252 g/mol. The van der Waals surface area contributed by atoms with Gasteiger partial charge >= 0.3 is 0 Å². The lowest BCUT2D eigenvalue weighted by Crippen LogP contribution is -2.51. The van der Waals surface area contributed by atoms with Gasteiger partial charge in [-0.1, -0.05) is 6.07 Å². The summed E-state index contributed by atoms with van der Waals surface area (Å²) >= 11 is 1.52. The van der Waals surface area contributed by atoms with Gasteiger partial charge in [-0.2, -0.15) is 0 Å². The maximum Gasteiger partial charge on any atom is 0.249 e. The summed E-state index contributed by atoms with van der Waals surface area (Å²) in [6.07, 6.45) is 3.68. The van der Waals surface area contributed by atoms with Gasteiger partial charge in [-0.25, -0.2) is 0 Å². The minimum Gasteiger partial charge on any atom is -0.341 e. The molecule has 1 aromatic rings. The third kappa shape index (κ3) is 3.27. The Labute approximate surface area is 108 Å². The van der Waals surface area contributed by atoms with Crippen molar-refractivity contribution in [2.75, 3.05) is 0 Å². The second-order valence-electron chi connectivity index (χ2n) is 3.86. The Bertz CT molecular complexity index is 493. The van der Waals surface area contributed by atoms with Gasteiger partial charge in [0.25, 0.3) is 0 Å². The molecule has 1 aliphatic heterocycles. The van der Waals surface area contributed by atoms with Crippen molar-refractivity contribution in [3.8, 4) is 0 Å². The third-order valence-electron chi connectivity index (χ3n) is 2.50. The SMILES string of the molecule is O=C(C=Cc1cccs1)NC1CCC(=O)NC1=O. The summed E-state index contributed by atoms with van der Waals surface area (Å²) in [5, 5.41) is 6.67. The van der Waals surface area contributed by atoms with Gasteiger partial charge in [-0.3, -0.25) is 19.7 Å². The molecule has 18 heavy (non-hydrogen) atoms. The predicted molar refractivity (Wildman–Crippen MR) is 67.7 cm³/mol. The van der Waals surface area contributed by atoms with Crippen LogP contribution in [-0.4, -0.2) is 23.8 Å². The first-order valence-electron chi connectivity index (χ1n) is 5.51. The monoisotopic (exact) mass is 264 g/mol. The van der Waals surface area contributed by atoms with Crippen molar-refractivity contribution in [3.63, 3.8) is 0 Å². The molecule has 6 heteroatoms. The molecule has 0 aromatic carbocycles. The normalized spacial score (nSPS) is 19.9. The van der Waals surface area contributed by atoms with E-state index in [4.69, 9.17) is 0 Å². The van der Waals surface area contributed by atoms with Crippen molar-refractivity contribution in [2.24, 2.45) is 0 Å². The Balaban J connectivity index is 1.88. The standard InChI is InChI=1S/C12H12N2O3S/c15-10(5-3-8-2-1-7-18-8)13-9-4-6-11(16)14-12(9)17/h1-3,5,7,9H,4,6H2,(H,13,15)(H,14,16,17). The van der Waals surface area contributed by atoms with Crippen LogP contribution in [0.5, 0.6) is 0 Å². The molecule has 1 saturated heterocycles. The molecular formula is C12H12N2O3S. The number of hydrogen-bond acceptors (Lipinski definition) is 4. The van der Waals surface area contributed by atoms with Crippen LogP contribution < -0.4 is 10.6 Å². The Morgan fingerprint density at radius 3 is 3.00 bits per heavy atom. The number of imide groups is 1. The number of amides is 3. The molecule has 0 radical (unpaired) electrons. The van der Waals surface area contributed by atoms with Crippen LogP contribution in [-0.2, 0) is 14.4 Å². The number of carbonyl (C=O) groups excluding carboxylic acids is 3. The van der Waals surface area contributed by atoms with Gasteiger partial charge in [0.1, 0.15) is 6.04 Å². The summed E-state index contributed by atoms with van der Waals surface area (Å²) in [6.45, 7) is 0. The minimum atomic E-state index is -0.622. The summed E-state index contributed by atoms with van der Waals surface area (Å²) in [6, 6.07) is 3.16. The Morgan fingerprint density at radius 1 is 1.50 bits per heavy atom. The van der Waals surface area contributed by atoms with Crippen LogP contribution in [0.1, 0.15) is 17.7 Å². The van der Waals surface area contributed by atoms with Crippen molar-refractivity contribution in [1.29, 1.82) is 0 Å². The lowest BCUT2D eigenvalue weighted by Gasteiger charge is -2.20. The summed E-state index contributed by atoms with van der Waals surface area (Å²) in [4.78, 5) is 34.9. The quantitative estimate of drug-likeness (QED) is 0.623. The lowest BCUT2D eigenvalue weighted by atomic mass is 10.1. The molecule has 0 bridgehead atoms. The fourth-order valence-electron chi connectivity index (χ4n) is 1.60. The molecule has 1 aromatic heterocycles. The molecule has 1 unspecified atom stereocenters. The fraction of sp³-hybridized carbons (Fsp3) is 0.250. The summed E-state index contributed by atoms with van der Waals surface area (Å²) in [7, 11) is 0. The van der Waals surface area contributed by atoms with E-state index in [9.17, 15) is 14.4 Å². The predicted octanol–water partition coefficient (Wildman–Crippen LogP) is 0.683. The number of carbonyl (C=O) groups is 3. The lowest BCUT2D eigenvalue weighted by molar-refractivity contribution is -0.136. The van der Waals surface area contributed by atoms with Crippen LogP contribution in [0.2, 0.25) is 0 Å². The van der Waals surface area contributed by atoms with E-state index < -0.39 is 11.9 Å². The van der Waals surface area contributed by atoms with Crippen molar-refractivity contribution < 1.29 is 14.4 Å². The van der Waals surface area contributed by atoms with Crippen LogP contribution in [0.4, 0.5) is 0 Å². The summed E-state index contributed by atoms with van der Waals surface area (Å²) in [5.41, 5.74) is 0. The van der Waals surface area contributed by atoms with Crippen LogP contribution in [0.15, 0.2) is 23.6 Å². The number of piperidine rings is 1. The van der Waals surface area contributed by atoms with Gasteiger partial charge in [-0.05, 0) is 23.9 Å². The molecule has 1 aliphatic rings. The number of nitrogens with one attached hydrogen (secondary N) is 2. The van der Waals surface area contributed by atoms with Gasteiger partial charge in [0.2, 0.25) is 17.7 Å². The van der Waals surface area contributed by atoms with Gasteiger partial charge in [0.05, 0.1) is 0 Å². The number of hydrogen-bond donors (Lipinski definition) is 2. The molecule has 94 valence electrons. The minimum absolute atomic E-state index is 0.255. The molecule has 2 heterocycles. The summed E-state index contributed by atoms with van der Waals surface area (Å²) in [5.74, 6) is -1.07. The van der Waals surface area contributed by atoms with E-state index in [0.29, 0.717) is 6.42 Å². The average Bonchev–Trinajstić information content (AvgIpc) is 2.83. The van der Waals surface area contributed by atoms with Crippen molar-refractivity contribution in [1.82, 2.24) is 10.6 Å². The van der Waals surface area contributed by atoms with Crippen LogP contribution >= 0.6 is 11.3 Å². The van der Waals surface area contributed by atoms with Gasteiger partial charge < -0.3 is 5.32 Å². The van der Waals surface area contributed by atoms with E-state index in [-0.39, 0.29) is 18.2 Å². The second kappa shape index (κ2) is 5.59. The first kappa shape index (κ1) is 12.5. The van der Waals surface area contributed by atoms with Crippen molar-refractivity contribution >= 4 is 35.1 Å². The molecule has 2 rings (SSSR count). The average molecular weight is 264 g/mol. The van der Waals surface area contributed by atoms with Crippen molar-refractivity contribution in [3.05, 3.63) is 28.5 Å². The maximum absolute atomic E-state index is 11.6. The van der Waals surface area contributed by atoms with E-state index in [0.717, 1.165) is 4.88 Å². The van der Waals surface area contributed by atoms with Crippen LogP contribution in [0.25, 0.3) is 6.08 Å². The van der Waals surface area contributed by atoms with E-state index >= 15 is 0 Å². The molecule has 1 fully saturated rings. The Hall–Kier alpha value is -1.95. The van der Waals surface area contributed by atoms with E-state index in [2.05, 4.69) is 10.6 Å². The fourth-order valence-corrected chi connectivity index (χ4v) is 2.21. The number of thiophene rings is 1. The zero-order valence-corrected chi connectivity index (χ0v) is 10.3. The first-order valence-corrected chi connectivity index (χ1v) is 6.39. The van der Waals surface area contributed by atoms with Crippen molar-refractivity contribution in [2.45, 2.75) is 18.9 Å². The Kier molecular flexibility index (Phi) is 3.88. The molecule has 2 N–H and O–H groups in total. The topological polar surface area (TPSA) is 75.3 Å².